The number of hydrogen-bond donors (Lipinski definition) is 2. The molecule has 0 aromatic rings. The maximum absolute atomic E-state index is 12.3. The maximum atomic E-state index is 12.3. The Balaban J connectivity index is 1.94. The van der Waals surface area contributed by atoms with Crippen molar-refractivity contribution in [3.63, 3.8) is 0 Å². The van der Waals surface area contributed by atoms with Gasteiger partial charge in [0.15, 0.2) is 0 Å². The standard InChI is InChI=1S/C12H23N3O/c1-2-15(10-5-8-13-9-6-10)12(16)11-4-3-7-14-11/h10-11,13-14H,2-9H2,1H3. The molecule has 0 bridgehead atoms. The number of piperidine rings is 1. The molecule has 1 amide bonds. The van der Waals surface area contributed by atoms with Crippen molar-refractivity contribution >= 4 is 5.91 Å². The normalized spacial score (nSPS) is 26.9. The largest absolute Gasteiger partial charge is 0.339 e. The molecule has 0 radical (unpaired) electrons. The quantitative estimate of drug-likeness (QED) is 0.728. The first-order chi connectivity index (χ1) is 7.83. The van der Waals surface area contributed by atoms with Gasteiger partial charge in [0.25, 0.3) is 0 Å². The zero-order valence-electron chi connectivity index (χ0n) is 10.2. The van der Waals surface area contributed by atoms with Gasteiger partial charge in [0.05, 0.1) is 6.04 Å². The molecule has 4 heteroatoms. The highest BCUT2D eigenvalue weighted by atomic mass is 16.2. The summed E-state index contributed by atoms with van der Waals surface area (Å²) in [6, 6.07) is 0.552. The van der Waals surface area contributed by atoms with E-state index in [2.05, 4.69) is 22.5 Å². The second-order valence-corrected chi connectivity index (χ2v) is 4.75. The summed E-state index contributed by atoms with van der Waals surface area (Å²) in [5, 5.41) is 6.65. The van der Waals surface area contributed by atoms with Gasteiger partial charge in [0.1, 0.15) is 0 Å². The molecule has 0 saturated carbocycles. The van der Waals surface area contributed by atoms with Crippen LogP contribution in [0.4, 0.5) is 0 Å². The van der Waals surface area contributed by atoms with Crippen LogP contribution < -0.4 is 10.6 Å². The molecule has 0 spiro atoms. The molecule has 92 valence electrons. The SMILES string of the molecule is CCN(C(=O)C1CCCN1)C1CCNCC1. The number of nitrogens with one attached hydrogen (secondary N) is 2. The Hall–Kier alpha value is -0.610. The van der Waals surface area contributed by atoms with E-state index in [0.717, 1.165) is 51.9 Å². The minimum absolute atomic E-state index is 0.0924. The van der Waals surface area contributed by atoms with E-state index in [4.69, 9.17) is 0 Å². The number of hydrogen-bond acceptors (Lipinski definition) is 3. The van der Waals surface area contributed by atoms with Crippen LogP contribution in [0.25, 0.3) is 0 Å². The van der Waals surface area contributed by atoms with Gasteiger partial charge >= 0.3 is 0 Å². The Morgan fingerprint density at radius 2 is 2.00 bits per heavy atom. The molecule has 0 aromatic carbocycles. The predicted molar refractivity (Wildman–Crippen MR) is 64.3 cm³/mol. The number of rotatable bonds is 3. The molecule has 0 aliphatic carbocycles. The molecule has 2 aliphatic rings. The monoisotopic (exact) mass is 225 g/mol. The summed E-state index contributed by atoms with van der Waals surface area (Å²) in [4.78, 5) is 14.4. The van der Waals surface area contributed by atoms with Crippen molar-refractivity contribution in [1.82, 2.24) is 15.5 Å². The van der Waals surface area contributed by atoms with Crippen LogP contribution in [-0.2, 0) is 4.79 Å². The summed E-state index contributed by atoms with van der Waals surface area (Å²) in [5.41, 5.74) is 0. The smallest absolute Gasteiger partial charge is 0.239 e. The van der Waals surface area contributed by atoms with Gasteiger partial charge in [0.2, 0.25) is 5.91 Å². The molecular weight excluding hydrogens is 202 g/mol. The molecule has 0 aromatic heterocycles. The fourth-order valence-electron chi connectivity index (χ4n) is 2.81. The summed E-state index contributed by atoms with van der Waals surface area (Å²) in [6.45, 7) is 6.04. The minimum Gasteiger partial charge on any atom is -0.339 e. The van der Waals surface area contributed by atoms with Gasteiger partial charge < -0.3 is 15.5 Å². The molecule has 2 saturated heterocycles. The van der Waals surface area contributed by atoms with E-state index in [1.807, 2.05) is 0 Å². The Kier molecular flexibility index (Phi) is 4.18. The molecule has 1 atom stereocenters. The molecule has 2 heterocycles. The van der Waals surface area contributed by atoms with Crippen LogP contribution in [0.15, 0.2) is 0 Å². The van der Waals surface area contributed by atoms with Crippen molar-refractivity contribution in [3.05, 3.63) is 0 Å². The number of nitrogens with zero attached hydrogens (tertiary/aromatic N) is 1. The number of carbonyl (C=O) groups excluding carboxylic acids is 1. The van der Waals surface area contributed by atoms with Crippen LogP contribution in [0.1, 0.15) is 32.6 Å². The van der Waals surface area contributed by atoms with Crippen molar-refractivity contribution in [2.45, 2.75) is 44.7 Å². The van der Waals surface area contributed by atoms with E-state index in [-0.39, 0.29) is 6.04 Å². The third kappa shape index (κ3) is 2.55. The van der Waals surface area contributed by atoms with Crippen molar-refractivity contribution < 1.29 is 4.79 Å². The highest BCUT2D eigenvalue weighted by Gasteiger charge is 2.30. The third-order valence-corrected chi connectivity index (χ3v) is 3.73. The van der Waals surface area contributed by atoms with E-state index in [1.54, 1.807) is 0 Å². The first-order valence-corrected chi connectivity index (χ1v) is 6.57. The zero-order valence-corrected chi connectivity index (χ0v) is 10.2. The Bertz CT molecular complexity index is 232. The van der Waals surface area contributed by atoms with Gasteiger partial charge in [-0.2, -0.15) is 0 Å². The van der Waals surface area contributed by atoms with Gasteiger partial charge in [-0.15, -0.1) is 0 Å². The zero-order chi connectivity index (χ0) is 11.4. The summed E-state index contributed by atoms with van der Waals surface area (Å²) < 4.78 is 0. The van der Waals surface area contributed by atoms with Crippen LogP contribution in [0.2, 0.25) is 0 Å². The molecule has 2 aliphatic heterocycles. The topological polar surface area (TPSA) is 44.4 Å². The van der Waals surface area contributed by atoms with Crippen molar-refractivity contribution in [2.24, 2.45) is 0 Å². The lowest BCUT2D eigenvalue weighted by Crippen LogP contribution is -2.51. The van der Waals surface area contributed by atoms with E-state index in [1.165, 1.54) is 0 Å². The Morgan fingerprint density at radius 1 is 1.25 bits per heavy atom. The molecular formula is C12H23N3O. The molecule has 1 unspecified atom stereocenters. The number of likely N-dealkylation sites (N-methyl/N-ethyl adjacent to an activating group) is 1. The van der Waals surface area contributed by atoms with Crippen molar-refractivity contribution in [2.75, 3.05) is 26.2 Å². The third-order valence-electron chi connectivity index (χ3n) is 3.73. The molecule has 4 nitrogen and oxygen atoms in total. The molecule has 2 N–H and O–H groups in total. The molecule has 2 rings (SSSR count). The first-order valence-electron chi connectivity index (χ1n) is 6.57. The number of carbonyl (C=O) groups is 1. The average molecular weight is 225 g/mol. The summed E-state index contributed by atoms with van der Waals surface area (Å²) in [7, 11) is 0. The fraction of sp³-hybridized carbons (Fsp3) is 0.917. The van der Waals surface area contributed by atoms with Crippen LogP contribution in [0.3, 0.4) is 0 Å². The summed E-state index contributed by atoms with van der Waals surface area (Å²) in [6.07, 6.45) is 4.36. The summed E-state index contributed by atoms with van der Waals surface area (Å²) in [5.74, 6) is 0.326. The second-order valence-electron chi connectivity index (χ2n) is 4.75. The van der Waals surface area contributed by atoms with Crippen molar-refractivity contribution in [1.29, 1.82) is 0 Å². The van der Waals surface area contributed by atoms with Crippen LogP contribution in [0, 0.1) is 0 Å². The molecule has 2 fully saturated rings. The van der Waals surface area contributed by atoms with Gasteiger partial charge in [-0.25, -0.2) is 0 Å². The van der Waals surface area contributed by atoms with E-state index < -0.39 is 0 Å². The fourth-order valence-corrected chi connectivity index (χ4v) is 2.81. The van der Waals surface area contributed by atoms with Crippen molar-refractivity contribution in [3.8, 4) is 0 Å². The maximum Gasteiger partial charge on any atom is 0.239 e. The lowest BCUT2D eigenvalue weighted by atomic mass is 10.0. The van der Waals surface area contributed by atoms with Gasteiger partial charge in [-0.1, -0.05) is 0 Å². The second kappa shape index (κ2) is 5.64. The highest BCUT2D eigenvalue weighted by Crippen LogP contribution is 2.16. The highest BCUT2D eigenvalue weighted by molar-refractivity contribution is 5.82. The Morgan fingerprint density at radius 3 is 2.56 bits per heavy atom. The lowest BCUT2D eigenvalue weighted by molar-refractivity contribution is -0.135. The van der Waals surface area contributed by atoms with E-state index in [0.29, 0.717) is 11.9 Å². The first kappa shape index (κ1) is 11.9. The van der Waals surface area contributed by atoms with E-state index in [9.17, 15) is 4.79 Å². The van der Waals surface area contributed by atoms with Gasteiger partial charge in [0, 0.05) is 12.6 Å². The Labute approximate surface area is 97.8 Å². The van der Waals surface area contributed by atoms with Crippen LogP contribution >= 0.6 is 0 Å². The van der Waals surface area contributed by atoms with Crippen LogP contribution in [0.5, 0.6) is 0 Å². The average Bonchev–Trinajstić information content (AvgIpc) is 2.85. The molecule has 16 heavy (non-hydrogen) atoms. The van der Waals surface area contributed by atoms with E-state index >= 15 is 0 Å². The van der Waals surface area contributed by atoms with Crippen LogP contribution in [-0.4, -0.2) is 49.1 Å². The number of amides is 1. The van der Waals surface area contributed by atoms with Gasteiger partial charge in [-0.3, -0.25) is 4.79 Å². The minimum atomic E-state index is 0.0924. The predicted octanol–water partition coefficient (Wildman–Crippen LogP) is 0.339. The summed E-state index contributed by atoms with van der Waals surface area (Å²) >= 11 is 0. The lowest BCUT2D eigenvalue weighted by Gasteiger charge is -2.35. The van der Waals surface area contributed by atoms with Gasteiger partial charge in [-0.05, 0) is 52.2 Å².